The van der Waals surface area contributed by atoms with Gasteiger partial charge in [0.25, 0.3) is 5.91 Å². The lowest BCUT2D eigenvalue weighted by Crippen LogP contribution is -2.44. The first kappa shape index (κ1) is 23.7. The fraction of sp³-hybridized carbons (Fsp3) is 0.174. The van der Waals surface area contributed by atoms with Crippen LogP contribution in [0.3, 0.4) is 0 Å². The molecule has 34 heavy (non-hydrogen) atoms. The van der Waals surface area contributed by atoms with E-state index in [0.29, 0.717) is 10.6 Å². The van der Waals surface area contributed by atoms with E-state index in [0.717, 1.165) is 33.5 Å². The van der Waals surface area contributed by atoms with Crippen molar-refractivity contribution in [3.05, 3.63) is 76.7 Å². The summed E-state index contributed by atoms with van der Waals surface area (Å²) in [5, 5.41) is 4.38. The number of carbonyl (C=O) groups excluding carboxylic acids is 3. The van der Waals surface area contributed by atoms with Crippen molar-refractivity contribution in [2.75, 3.05) is 10.2 Å². The summed E-state index contributed by atoms with van der Waals surface area (Å²) >= 11 is 1.32. The minimum absolute atomic E-state index is 0.115. The van der Waals surface area contributed by atoms with Crippen molar-refractivity contribution in [1.29, 1.82) is 0 Å². The number of benzene rings is 2. The molecule has 0 aliphatic carbocycles. The number of nitrogens with zero attached hydrogens (tertiary/aromatic N) is 2. The Morgan fingerprint density at radius 1 is 1.12 bits per heavy atom. The van der Waals surface area contributed by atoms with Gasteiger partial charge < -0.3 is 5.32 Å². The second-order valence-electron chi connectivity index (χ2n) is 7.60. The molecule has 8 nitrogen and oxygen atoms in total. The number of hydrogen-bond acceptors (Lipinski definition) is 6. The molecule has 2 heterocycles. The molecule has 0 bridgehead atoms. The van der Waals surface area contributed by atoms with E-state index >= 15 is 0 Å². The smallest absolute Gasteiger partial charge is 0.252 e. The Bertz CT molecular complexity index is 1320. The number of halogens is 1. The van der Waals surface area contributed by atoms with Crippen LogP contribution in [0.5, 0.6) is 0 Å². The lowest BCUT2D eigenvalue weighted by Gasteiger charge is -2.26. The highest BCUT2D eigenvalue weighted by Gasteiger charge is 2.47. The molecule has 1 aliphatic heterocycles. The van der Waals surface area contributed by atoms with E-state index in [1.807, 2.05) is 0 Å². The summed E-state index contributed by atoms with van der Waals surface area (Å²) in [7, 11) is -4.23. The second kappa shape index (κ2) is 9.45. The Morgan fingerprint density at radius 2 is 1.79 bits per heavy atom. The van der Waals surface area contributed by atoms with Gasteiger partial charge in [-0.3, -0.25) is 14.4 Å². The van der Waals surface area contributed by atoms with Gasteiger partial charge in [-0.05, 0) is 60.0 Å². The molecule has 0 radical (unpaired) electrons. The third-order valence-electron chi connectivity index (χ3n) is 5.23. The van der Waals surface area contributed by atoms with E-state index in [2.05, 4.69) is 5.32 Å². The van der Waals surface area contributed by atoms with Crippen LogP contribution in [0.4, 0.5) is 15.8 Å². The molecule has 1 unspecified atom stereocenters. The van der Waals surface area contributed by atoms with Crippen LogP contribution in [0.25, 0.3) is 0 Å². The van der Waals surface area contributed by atoms with Crippen molar-refractivity contribution in [2.24, 2.45) is 0 Å². The van der Waals surface area contributed by atoms with Crippen molar-refractivity contribution in [2.45, 2.75) is 30.8 Å². The summed E-state index contributed by atoms with van der Waals surface area (Å²) in [5.74, 6) is -2.09. The average molecular weight is 502 g/mol. The number of amides is 3. The molecule has 11 heteroatoms. The van der Waals surface area contributed by atoms with Crippen LogP contribution in [-0.4, -0.2) is 36.5 Å². The zero-order valence-corrected chi connectivity index (χ0v) is 19.6. The number of sulfonamides is 1. The van der Waals surface area contributed by atoms with Crippen LogP contribution in [0, 0.1) is 5.82 Å². The van der Waals surface area contributed by atoms with E-state index in [-0.39, 0.29) is 29.5 Å². The molecule has 1 aliphatic rings. The molecule has 1 aromatic heterocycles. The number of anilines is 2. The molecule has 3 aromatic rings. The highest BCUT2D eigenvalue weighted by atomic mass is 32.2. The first-order valence-electron chi connectivity index (χ1n) is 10.2. The summed E-state index contributed by atoms with van der Waals surface area (Å²) in [4.78, 5) is 38.9. The molecule has 0 saturated carbocycles. The van der Waals surface area contributed by atoms with Gasteiger partial charge in [-0.25, -0.2) is 17.7 Å². The Hall–Kier alpha value is -3.41. The largest absolute Gasteiger partial charge is 0.326 e. The fourth-order valence-corrected chi connectivity index (χ4v) is 6.01. The van der Waals surface area contributed by atoms with Crippen molar-refractivity contribution < 1.29 is 27.2 Å². The van der Waals surface area contributed by atoms with Crippen molar-refractivity contribution in [3.8, 4) is 0 Å². The Kier molecular flexibility index (Phi) is 6.60. The molecule has 2 aromatic carbocycles. The van der Waals surface area contributed by atoms with Crippen LogP contribution in [0.2, 0.25) is 0 Å². The molecule has 1 N–H and O–H groups in total. The number of hydrogen-bond donors (Lipinski definition) is 1. The highest BCUT2D eigenvalue weighted by Crippen LogP contribution is 2.31. The lowest BCUT2D eigenvalue weighted by atomic mass is 10.2. The average Bonchev–Trinajstić information content (AvgIpc) is 3.40. The molecular weight excluding hydrogens is 481 g/mol. The van der Waals surface area contributed by atoms with E-state index in [1.54, 1.807) is 29.6 Å². The number of rotatable bonds is 7. The first-order valence-corrected chi connectivity index (χ1v) is 12.5. The van der Waals surface area contributed by atoms with Gasteiger partial charge in [0.05, 0.1) is 17.0 Å². The second-order valence-corrected chi connectivity index (χ2v) is 10.5. The quantitative estimate of drug-likeness (QED) is 0.500. The maximum absolute atomic E-state index is 13.5. The van der Waals surface area contributed by atoms with Crippen LogP contribution in [0.15, 0.2) is 70.9 Å². The number of carbonyl (C=O) groups is 3. The molecule has 0 spiro atoms. The maximum atomic E-state index is 13.5. The van der Waals surface area contributed by atoms with E-state index < -0.39 is 33.7 Å². The minimum Gasteiger partial charge on any atom is -0.326 e. The van der Waals surface area contributed by atoms with Crippen LogP contribution in [0.1, 0.15) is 18.2 Å². The SMILES string of the molecule is CC(=O)Nc1ccc(N2C(=O)CC(N(Cc3cccs3)S(=O)(=O)c3ccc(F)cc3)C2=O)cc1. The Labute approximate surface area is 199 Å². The van der Waals surface area contributed by atoms with Gasteiger partial charge in [0.15, 0.2) is 0 Å². The Morgan fingerprint density at radius 3 is 2.38 bits per heavy atom. The third-order valence-corrected chi connectivity index (χ3v) is 7.96. The topological polar surface area (TPSA) is 104 Å². The van der Waals surface area contributed by atoms with Crippen LogP contribution in [-0.2, 0) is 31.0 Å². The van der Waals surface area contributed by atoms with Crippen molar-refractivity contribution in [1.82, 2.24) is 4.31 Å². The number of thiophene rings is 1. The van der Waals surface area contributed by atoms with Crippen molar-refractivity contribution in [3.63, 3.8) is 0 Å². The summed E-state index contributed by atoms with van der Waals surface area (Å²) in [5.41, 5.74) is 0.756. The first-order chi connectivity index (χ1) is 16.2. The van der Waals surface area contributed by atoms with Gasteiger partial charge in [-0.2, -0.15) is 4.31 Å². The van der Waals surface area contributed by atoms with Gasteiger partial charge in [0.2, 0.25) is 21.8 Å². The summed E-state index contributed by atoms with van der Waals surface area (Å²) in [6, 6.07) is 12.6. The van der Waals surface area contributed by atoms with E-state index in [1.165, 1.54) is 30.4 Å². The standard InChI is InChI=1S/C23H20FN3O5S2/c1-15(28)25-17-6-8-18(9-7-17)27-22(29)13-21(23(27)30)26(14-19-3-2-12-33-19)34(31,32)20-10-4-16(24)5-11-20/h2-12,21H,13-14H2,1H3,(H,25,28). The van der Waals surface area contributed by atoms with Gasteiger partial charge in [0.1, 0.15) is 11.9 Å². The normalized spacial score (nSPS) is 16.3. The molecule has 1 fully saturated rings. The predicted molar refractivity (Wildman–Crippen MR) is 125 cm³/mol. The molecule has 3 amide bonds. The van der Waals surface area contributed by atoms with Gasteiger partial charge in [-0.1, -0.05) is 6.07 Å². The van der Waals surface area contributed by atoms with E-state index in [4.69, 9.17) is 0 Å². The summed E-state index contributed by atoms with van der Waals surface area (Å²) in [6.45, 7) is 1.24. The van der Waals surface area contributed by atoms with Crippen molar-refractivity contribution >= 4 is 50.5 Å². The van der Waals surface area contributed by atoms with Gasteiger partial charge >= 0.3 is 0 Å². The molecular formula is C23H20FN3O5S2. The summed E-state index contributed by atoms with van der Waals surface area (Å²) in [6.07, 6.45) is -0.335. The number of nitrogens with one attached hydrogen (secondary N) is 1. The van der Waals surface area contributed by atoms with Gasteiger partial charge in [0, 0.05) is 24.0 Å². The summed E-state index contributed by atoms with van der Waals surface area (Å²) < 4.78 is 41.4. The maximum Gasteiger partial charge on any atom is 0.252 e. The predicted octanol–water partition coefficient (Wildman–Crippen LogP) is 3.37. The van der Waals surface area contributed by atoms with E-state index in [9.17, 15) is 27.2 Å². The molecule has 4 rings (SSSR count). The van der Waals surface area contributed by atoms with Crippen LogP contribution < -0.4 is 10.2 Å². The fourth-order valence-electron chi connectivity index (χ4n) is 3.67. The lowest BCUT2D eigenvalue weighted by molar-refractivity contribution is -0.122. The van der Waals surface area contributed by atoms with Crippen LogP contribution >= 0.6 is 11.3 Å². The zero-order chi connectivity index (χ0) is 24.5. The molecule has 176 valence electrons. The zero-order valence-electron chi connectivity index (χ0n) is 18.0. The Balaban J connectivity index is 1.68. The van der Waals surface area contributed by atoms with Gasteiger partial charge in [-0.15, -0.1) is 11.3 Å². The highest BCUT2D eigenvalue weighted by molar-refractivity contribution is 7.89. The minimum atomic E-state index is -4.23. The monoisotopic (exact) mass is 501 g/mol. The number of imide groups is 1. The molecule has 1 atom stereocenters. The molecule has 1 saturated heterocycles. The third kappa shape index (κ3) is 4.76.